The lowest BCUT2D eigenvalue weighted by Crippen LogP contribution is -2.20. The smallest absolute Gasteiger partial charge is 0.338 e. The average Bonchev–Trinajstić information content (AvgIpc) is 2.72. The van der Waals surface area contributed by atoms with Gasteiger partial charge in [-0.15, -0.1) is 12.4 Å². The molecule has 0 heterocycles. The number of rotatable bonds is 10. The molecule has 6 heteroatoms. The highest BCUT2D eigenvalue weighted by Gasteiger charge is 2.07. The van der Waals surface area contributed by atoms with Gasteiger partial charge >= 0.3 is 5.97 Å². The van der Waals surface area contributed by atoms with Crippen LogP contribution in [0.5, 0.6) is 0 Å². The van der Waals surface area contributed by atoms with E-state index >= 15 is 0 Å². The third-order valence-electron chi connectivity index (χ3n) is 4.44. The molecule has 0 aliphatic carbocycles. The van der Waals surface area contributed by atoms with Gasteiger partial charge in [0, 0.05) is 18.3 Å². The lowest BCUT2D eigenvalue weighted by Gasteiger charge is -2.09. The second kappa shape index (κ2) is 13.6. The van der Waals surface area contributed by atoms with Gasteiger partial charge in [0.15, 0.2) is 0 Å². The molecular weight excluding hydrogens is 400 g/mol. The first-order chi connectivity index (χ1) is 14.0. The van der Waals surface area contributed by atoms with Crippen molar-refractivity contribution in [2.75, 3.05) is 27.2 Å². The van der Waals surface area contributed by atoms with Crippen molar-refractivity contribution in [3.63, 3.8) is 0 Å². The number of hydrogen-bond acceptors (Lipinski definition) is 4. The Kier molecular flexibility index (Phi) is 11.5. The SMILES string of the molecule is CCCCc1ccc(C(=O)N/C=C/c2ccc(C(=O)OCCN(C)C)cc2)cc1.Cl. The van der Waals surface area contributed by atoms with Crippen molar-refractivity contribution in [2.45, 2.75) is 26.2 Å². The van der Waals surface area contributed by atoms with E-state index in [1.165, 1.54) is 5.56 Å². The van der Waals surface area contributed by atoms with Crippen molar-refractivity contribution in [3.05, 3.63) is 77.0 Å². The second-order valence-electron chi connectivity index (χ2n) is 7.17. The number of esters is 1. The lowest BCUT2D eigenvalue weighted by molar-refractivity contribution is 0.0481. The Hall–Kier alpha value is -2.63. The van der Waals surface area contributed by atoms with Gasteiger partial charge in [0.05, 0.1) is 5.56 Å². The molecule has 0 atom stereocenters. The van der Waals surface area contributed by atoms with Gasteiger partial charge in [-0.1, -0.05) is 37.6 Å². The van der Waals surface area contributed by atoms with Crippen LogP contribution in [0.4, 0.5) is 0 Å². The number of unbranched alkanes of at least 4 members (excludes halogenated alkanes) is 1. The standard InChI is InChI=1S/C24H30N2O3.ClH/c1-4-5-6-19-7-11-21(12-8-19)23(27)25-16-15-20-9-13-22(14-10-20)24(28)29-18-17-26(2)3;/h7-16H,4-6,17-18H2,1-3H3,(H,25,27);1H/b16-15+;. The number of aryl methyl sites for hydroxylation is 1. The van der Waals surface area contributed by atoms with Crippen LogP contribution in [0.25, 0.3) is 6.08 Å². The summed E-state index contributed by atoms with van der Waals surface area (Å²) in [5.41, 5.74) is 3.27. The molecule has 0 radical (unpaired) electrons. The Labute approximate surface area is 185 Å². The summed E-state index contributed by atoms with van der Waals surface area (Å²) in [6, 6.07) is 14.8. The van der Waals surface area contributed by atoms with Crippen molar-refractivity contribution in [1.29, 1.82) is 0 Å². The van der Waals surface area contributed by atoms with Crippen LogP contribution in [0.15, 0.2) is 54.7 Å². The van der Waals surface area contributed by atoms with E-state index < -0.39 is 0 Å². The van der Waals surface area contributed by atoms with Gasteiger partial charge in [-0.2, -0.15) is 0 Å². The first-order valence-electron chi connectivity index (χ1n) is 9.98. The average molecular weight is 431 g/mol. The van der Waals surface area contributed by atoms with Gasteiger partial charge in [0.2, 0.25) is 0 Å². The van der Waals surface area contributed by atoms with Crippen LogP contribution in [0.2, 0.25) is 0 Å². The van der Waals surface area contributed by atoms with Crippen molar-refractivity contribution < 1.29 is 14.3 Å². The van der Waals surface area contributed by atoms with Crippen LogP contribution in [-0.2, 0) is 11.2 Å². The lowest BCUT2D eigenvalue weighted by atomic mass is 10.1. The Morgan fingerprint density at radius 1 is 1.00 bits per heavy atom. The predicted molar refractivity (Wildman–Crippen MR) is 124 cm³/mol. The quantitative estimate of drug-likeness (QED) is 0.561. The zero-order chi connectivity index (χ0) is 21.1. The van der Waals surface area contributed by atoms with Crippen molar-refractivity contribution in [3.8, 4) is 0 Å². The van der Waals surface area contributed by atoms with Crippen molar-refractivity contribution in [2.24, 2.45) is 0 Å². The third-order valence-corrected chi connectivity index (χ3v) is 4.44. The van der Waals surface area contributed by atoms with Crippen molar-refractivity contribution in [1.82, 2.24) is 10.2 Å². The number of nitrogens with one attached hydrogen (secondary N) is 1. The van der Waals surface area contributed by atoms with Gasteiger partial charge in [-0.25, -0.2) is 4.79 Å². The largest absolute Gasteiger partial charge is 0.461 e. The number of hydrogen-bond donors (Lipinski definition) is 1. The molecule has 2 aromatic carbocycles. The summed E-state index contributed by atoms with van der Waals surface area (Å²) in [6.45, 7) is 3.21. The Bertz CT molecular complexity index is 815. The van der Waals surface area contributed by atoms with E-state index in [1.54, 1.807) is 24.4 Å². The molecule has 0 aromatic heterocycles. The molecule has 1 N–H and O–H groups in total. The first-order valence-corrected chi connectivity index (χ1v) is 9.98. The molecule has 5 nitrogen and oxygen atoms in total. The van der Waals surface area contributed by atoms with Gasteiger partial charge in [-0.3, -0.25) is 4.79 Å². The van der Waals surface area contributed by atoms with Crippen LogP contribution in [-0.4, -0.2) is 44.0 Å². The fraction of sp³-hybridized carbons (Fsp3) is 0.333. The molecule has 30 heavy (non-hydrogen) atoms. The summed E-state index contributed by atoms with van der Waals surface area (Å²) in [7, 11) is 3.85. The number of carbonyl (C=O) groups excluding carboxylic acids is 2. The number of benzene rings is 2. The zero-order valence-corrected chi connectivity index (χ0v) is 18.7. The molecule has 0 unspecified atom stereocenters. The summed E-state index contributed by atoms with van der Waals surface area (Å²) in [6.07, 6.45) is 6.75. The van der Waals surface area contributed by atoms with Crippen LogP contribution in [0, 0.1) is 0 Å². The minimum absolute atomic E-state index is 0. The summed E-state index contributed by atoms with van der Waals surface area (Å²) >= 11 is 0. The highest BCUT2D eigenvalue weighted by atomic mass is 35.5. The van der Waals surface area contributed by atoms with Crippen molar-refractivity contribution >= 4 is 30.4 Å². The minimum atomic E-state index is -0.335. The fourth-order valence-electron chi connectivity index (χ4n) is 2.64. The molecule has 1 amide bonds. The molecule has 0 fully saturated rings. The molecule has 0 aliphatic heterocycles. The van der Waals surface area contributed by atoms with E-state index in [2.05, 4.69) is 12.2 Å². The van der Waals surface area contributed by atoms with Crippen LogP contribution >= 0.6 is 12.4 Å². The Morgan fingerprint density at radius 3 is 2.23 bits per heavy atom. The molecule has 0 saturated carbocycles. The predicted octanol–water partition coefficient (Wildman–Crippen LogP) is 4.57. The molecule has 0 bridgehead atoms. The number of likely N-dealkylation sites (N-methyl/N-ethyl adjacent to an activating group) is 1. The third kappa shape index (κ3) is 8.80. The molecular formula is C24H31ClN2O3. The number of halogens is 1. The van der Waals surface area contributed by atoms with Crippen LogP contribution < -0.4 is 5.32 Å². The maximum Gasteiger partial charge on any atom is 0.338 e. The second-order valence-corrected chi connectivity index (χ2v) is 7.17. The van der Waals surface area contributed by atoms with E-state index in [4.69, 9.17) is 4.74 Å². The van der Waals surface area contributed by atoms with E-state index in [0.29, 0.717) is 24.3 Å². The summed E-state index contributed by atoms with van der Waals surface area (Å²) < 4.78 is 5.21. The van der Waals surface area contributed by atoms with E-state index in [0.717, 1.165) is 24.8 Å². The molecule has 2 aromatic rings. The number of amides is 1. The highest BCUT2D eigenvalue weighted by molar-refractivity contribution is 5.95. The monoisotopic (exact) mass is 430 g/mol. The molecule has 0 saturated heterocycles. The van der Waals surface area contributed by atoms with Gasteiger partial charge < -0.3 is 15.0 Å². The summed E-state index contributed by atoms with van der Waals surface area (Å²) in [4.78, 5) is 26.1. The van der Waals surface area contributed by atoms with Gasteiger partial charge in [-0.05, 0) is 68.4 Å². The number of nitrogens with zero attached hydrogens (tertiary/aromatic N) is 1. The van der Waals surface area contributed by atoms with E-state index in [-0.39, 0.29) is 24.3 Å². The van der Waals surface area contributed by atoms with Crippen LogP contribution in [0.1, 0.15) is 51.6 Å². The summed E-state index contributed by atoms with van der Waals surface area (Å²) in [5.74, 6) is -0.484. The maximum absolute atomic E-state index is 12.2. The van der Waals surface area contributed by atoms with E-state index in [9.17, 15) is 9.59 Å². The zero-order valence-electron chi connectivity index (χ0n) is 17.9. The Morgan fingerprint density at radius 2 is 1.63 bits per heavy atom. The van der Waals surface area contributed by atoms with Crippen LogP contribution in [0.3, 0.4) is 0 Å². The van der Waals surface area contributed by atoms with Gasteiger partial charge in [0.25, 0.3) is 5.91 Å². The summed E-state index contributed by atoms with van der Waals surface area (Å²) in [5, 5.41) is 2.77. The van der Waals surface area contributed by atoms with E-state index in [1.807, 2.05) is 55.4 Å². The highest BCUT2D eigenvalue weighted by Crippen LogP contribution is 2.09. The fourth-order valence-corrected chi connectivity index (χ4v) is 2.64. The topological polar surface area (TPSA) is 58.6 Å². The number of ether oxygens (including phenoxy) is 1. The van der Waals surface area contributed by atoms with Gasteiger partial charge in [0.1, 0.15) is 6.61 Å². The molecule has 2 rings (SSSR count). The maximum atomic E-state index is 12.2. The normalized spacial score (nSPS) is 10.7. The molecule has 162 valence electrons. The first kappa shape index (κ1) is 25.4. The molecule has 0 spiro atoms. The molecule has 0 aliphatic rings. The number of carbonyl (C=O) groups is 2. The Balaban J connectivity index is 0.00000450. The minimum Gasteiger partial charge on any atom is -0.461 e.